The van der Waals surface area contributed by atoms with Gasteiger partial charge in [-0.05, 0) is 49.8 Å². The highest BCUT2D eigenvalue weighted by Crippen LogP contribution is 2.38. The van der Waals surface area contributed by atoms with Gasteiger partial charge in [0.05, 0.1) is 48.5 Å². The molecule has 2 N–H and O–H groups in total. The number of para-hydroxylation sites is 1. The molecule has 1 atom stereocenters. The first-order valence-corrected chi connectivity index (χ1v) is 16.3. The Labute approximate surface area is 281 Å². The lowest BCUT2D eigenvalue weighted by Gasteiger charge is -2.44. The molecule has 0 aliphatic carbocycles. The molecule has 5 heterocycles. The van der Waals surface area contributed by atoms with Crippen molar-refractivity contribution >= 4 is 62.9 Å². The number of aromatic nitrogens is 3. The summed E-state index contributed by atoms with van der Waals surface area (Å²) in [7, 11) is 1.55. The van der Waals surface area contributed by atoms with Gasteiger partial charge in [-0.1, -0.05) is 41.6 Å². The smallest absolute Gasteiger partial charge is 0.267 e. The highest BCUT2D eigenvalue weighted by molar-refractivity contribution is 7.17. The lowest BCUT2D eigenvalue weighted by Crippen LogP contribution is -2.55. The van der Waals surface area contributed by atoms with Gasteiger partial charge in [-0.25, -0.2) is 19.3 Å². The Bertz CT molecular complexity index is 1810. The van der Waals surface area contributed by atoms with Crippen LogP contribution in [0.4, 0.5) is 32.5 Å². The number of hydrogen-bond donors (Lipinski definition) is 2. The highest BCUT2D eigenvalue weighted by atomic mass is 35.5. The molecular formula is C33H34ClFN8O3S. The number of nitrogens with zero attached hydrogens (tertiary/aromatic N) is 6. The van der Waals surface area contributed by atoms with E-state index in [1.54, 1.807) is 30.3 Å². The van der Waals surface area contributed by atoms with Crippen LogP contribution in [0.2, 0.25) is 5.02 Å². The van der Waals surface area contributed by atoms with Crippen molar-refractivity contribution in [3.8, 4) is 17.0 Å². The van der Waals surface area contributed by atoms with E-state index in [0.29, 0.717) is 57.6 Å². The van der Waals surface area contributed by atoms with Crippen molar-refractivity contribution in [1.82, 2.24) is 19.9 Å². The number of ether oxygens (including phenoxy) is 1. The summed E-state index contributed by atoms with van der Waals surface area (Å²) in [6, 6.07) is 11.0. The molecule has 244 valence electrons. The van der Waals surface area contributed by atoms with E-state index in [1.165, 1.54) is 12.3 Å². The summed E-state index contributed by atoms with van der Waals surface area (Å²) >= 11 is 7.45. The van der Waals surface area contributed by atoms with Crippen LogP contribution in [0.1, 0.15) is 22.2 Å². The molecule has 0 unspecified atom stereocenters. The van der Waals surface area contributed by atoms with Gasteiger partial charge < -0.3 is 30.1 Å². The van der Waals surface area contributed by atoms with Crippen LogP contribution in [0, 0.1) is 6.92 Å². The SMILES string of the molecule is C=CC(=O)N1CCN(c2ncc(-c3ccc(OC)c(Nc4ncc(C(=O)Nc5c(C)cccc5Cl)s4)n3)cc2N2CC(F)C2)[C@H](C)C1. The molecule has 4 aromatic rings. The molecule has 2 aliphatic rings. The third kappa shape index (κ3) is 6.72. The average Bonchev–Trinajstić information content (AvgIpc) is 3.53. The van der Waals surface area contributed by atoms with Crippen LogP contribution in [-0.2, 0) is 4.79 Å². The fraction of sp³-hybridized carbons (Fsp3) is 0.303. The maximum absolute atomic E-state index is 14.0. The lowest BCUT2D eigenvalue weighted by atomic mass is 10.1. The molecule has 47 heavy (non-hydrogen) atoms. The van der Waals surface area contributed by atoms with E-state index in [0.717, 1.165) is 34.0 Å². The fourth-order valence-corrected chi connectivity index (χ4v) is 6.61. The van der Waals surface area contributed by atoms with E-state index in [9.17, 15) is 14.0 Å². The standard InChI is InChI=1S/C33H34ClFN8O3S/c1-5-28(44)41-11-12-43(20(3)16-41)31-25(42-17-22(35)18-42)13-21(14-36-31)24-9-10-26(46-4)30(38-24)40-33-37-15-27(47-33)32(45)39-29-19(2)7-6-8-23(29)34/h5-10,13-15,20,22H,1,11-12,16-18H2,2-4H3,(H,39,45)(H,37,38,40)/t20-/m1/s1. The number of carbonyl (C=O) groups is 2. The third-order valence-corrected chi connectivity index (χ3v) is 9.43. The van der Waals surface area contributed by atoms with Crippen molar-refractivity contribution in [3.63, 3.8) is 0 Å². The van der Waals surface area contributed by atoms with Crippen molar-refractivity contribution in [1.29, 1.82) is 0 Å². The van der Waals surface area contributed by atoms with Crippen molar-refractivity contribution in [2.24, 2.45) is 0 Å². The van der Waals surface area contributed by atoms with Crippen molar-refractivity contribution in [3.05, 3.63) is 76.9 Å². The number of piperazine rings is 1. The Kier molecular flexibility index (Phi) is 9.28. The first-order chi connectivity index (χ1) is 22.6. The van der Waals surface area contributed by atoms with Crippen molar-refractivity contribution in [2.45, 2.75) is 26.1 Å². The first kappa shape index (κ1) is 32.2. The molecule has 2 fully saturated rings. The monoisotopic (exact) mass is 676 g/mol. The number of methoxy groups -OCH3 is 1. The number of thiazole rings is 1. The molecule has 2 amide bonds. The summed E-state index contributed by atoms with van der Waals surface area (Å²) in [5.74, 6) is 1.20. The van der Waals surface area contributed by atoms with Gasteiger partial charge in [0.1, 0.15) is 11.0 Å². The van der Waals surface area contributed by atoms with Gasteiger partial charge in [-0.15, -0.1) is 0 Å². The van der Waals surface area contributed by atoms with E-state index >= 15 is 0 Å². The van der Waals surface area contributed by atoms with Gasteiger partial charge in [0.15, 0.2) is 22.5 Å². The van der Waals surface area contributed by atoms with E-state index in [-0.39, 0.29) is 30.9 Å². The molecule has 2 saturated heterocycles. The number of nitrogens with one attached hydrogen (secondary N) is 2. The number of amides is 2. The summed E-state index contributed by atoms with van der Waals surface area (Å²) in [4.78, 5) is 45.5. The van der Waals surface area contributed by atoms with Gasteiger partial charge >= 0.3 is 0 Å². The second-order valence-corrected chi connectivity index (χ2v) is 12.8. The summed E-state index contributed by atoms with van der Waals surface area (Å²) in [5, 5.41) is 6.95. The van der Waals surface area contributed by atoms with E-state index in [2.05, 4.69) is 27.1 Å². The van der Waals surface area contributed by atoms with E-state index in [4.69, 9.17) is 26.3 Å². The summed E-state index contributed by atoms with van der Waals surface area (Å²) in [6.45, 7) is 9.75. The number of alkyl halides is 1. The number of aryl methyl sites for hydroxylation is 1. The fourth-order valence-electron chi connectivity index (χ4n) is 5.63. The van der Waals surface area contributed by atoms with Crippen molar-refractivity contribution in [2.75, 3.05) is 60.3 Å². The number of rotatable bonds is 9. The Morgan fingerprint density at radius 2 is 1.96 bits per heavy atom. The van der Waals surface area contributed by atoms with Crippen LogP contribution >= 0.6 is 22.9 Å². The molecule has 0 saturated carbocycles. The summed E-state index contributed by atoms with van der Waals surface area (Å²) in [5.41, 5.74) is 3.56. The zero-order valence-corrected chi connectivity index (χ0v) is 27.7. The molecule has 11 nitrogen and oxygen atoms in total. The van der Waals surface area contributed by atoms with Crippen LogP contribution in [0.15, 0.2) is 61.4 Å². The Balaban J connectivity index is 1.25. The number of hydrogen-bond acceptors (Lipinski definition) is 10. The number of anilines is 5. The predicted molar refractivity (Wildman–Crippen MR) is 184 cm³/mol. The lowest BCUT2D eigenvalue weighted by molar-refractivity contribution is -0.126. The Morgan fingerprint density at radius 1 is 1.15 bits per heavy atom. The van der Waals surface area contributed by atoms with Gasteiger partial charge in [-0.3, -0.25) is 9.59 Å². The van der Waals surface area contributed by atoms with Gasteiger partial charge in [0.25, 0.3) is 5.91 Å². The maximum Gasteiger partial charge on any atom is 0.267 e. The molecular weight excluding hydrogens is 643 g/mol. The van der Waals surface area contributed by atoms with Gasteiger partial charge in [0, 0.05) is 37.4 Å². The summed E-state index contributed by atoms with van der Waals surface area (Å²) in [6.07, 6.45) is 3.67. The zero-order valence-electron chi connectivity index (χ0n) is 26.2. The molecule has 0 spiro atoms. The molecule has 0 bridgehead atoms. The quantitative estimate of drug-likeness (QED) is 0.208. The minimum absolute atomic E-state index is 0.00101. The molecule has 3 aromatic heterocycles. The van der Waals surface area contributed by atoms with Crippen LogP contribution in [0.3, 0.4) is 0 Å². The third-order valence-electron chi connectivity index (χ3n) is 8.20. The highest BCUT2D eigenvalue weighted by Gasteiger charge is 2.33. The predicted octanol–water partition coefficient (Wildman–Crippen LogP) is 5.95. The minimum atomic E-state index is -0.903. The Hall–Kier alpha value is -4.75. The van der Waals surface area contributed by atoms with Gasteiger partial charge in [0.2, 0.25) is 5.91 Å². The van der Waals surface area contributed by atoms with E-state index in [1.807, 2.05) is 43.0 Å². The van der Waals surface area contributed by atoms with Crippen molar-refractivity contribution < 1.29 is 18.7 Å². The largest absolute Gasteiger partial charge is 0.493 e. The molecule has 6 rings (SSSR count). The topological polar surface area (TPSA) is 116 Å². The van der Waals surface area contributed by atoms with E-state index < -0.39 is 6.17 Å². The zero-order chi connectivity index (χ0) is 33.2. The van der Waals surface area contributed by atoms with Gasteiger partial charge in [-0.2, -0.15) is 0 Å². The second kappa shape index (κ2) is 13.5. The number of halogens is 2. The minimum Gasteiger partial charge on any atom is -0.493 e. The van der Waals surface area contributed by atoms with Crippen LogP contribution in [0.5, 0.6) is 5.75 Å². The average molecular weight is 677 g/mol. The molecule has 2 aliphatic heterocycles. The second-order valence-electron chi connectivity index (χ2n) is 11.4. The molecule has 1 aromatic carbocycles. The maximum atomic E-state index is 14.0. The molecule has 0 radical (unpaired) electrons. The van der Waals surface area contributed by atoms with Crippen LogP contribution < -0.4 is 25.2 Å². The molecule has 14 heteroatoms. The van der Waals surface area contributed by atoms with Crippen LogP contribution in [-0.4, -0.2) is 83.7 Å². The summed E-state index contributed by atoms with van der Waals surface area (Å²) < 4.78 is 19.6. The Morgan fingerprint density at radius 3 is 2.66 bits per heavy atom. The normalized spacial score (nSPS) is 16.4. The van der Waals surface area contributed by atoms with Crippen LogP contribution in [0.25, 0.3) is 11.3 Å². The number of benzene rings is 1. The number of carbonyl (C=O) groups excluding carboxylic acids is 2. The first-order valence-electron chi connectivity index (χ1n) is 15.1. The number of pyridine rings is 2.